The third-order valence-corrected chi connectivity index (χ3v) is 8.72. The Morgan fingerprint density at radius 1 is 1.12 bits per heavy atom. The summed E-state index contributed by atoms with van der Waals surface area (Å²) in [6, 6.07) is 20.7. The largest absolute Gasteiger partial charge is 0.497 e. The van der Waals surface area contributed by atoms with Crippen molar-refractivity contribution < 1.29 is 27.8 Å². The fraction of sp³-hybridized carbons (Fsp3) is 0.387. The number of hydrogen-bond donors (Lipinski definition) is 2. The van der Waals surface area contributed by atoms with E-state index in [1.807, 2.05) is 45.2 Å². The Labute approximate surface area is 242 Å². The summed E-state index contributed by atoms with van der Waals surface area (Å²) >= 11 is 0. The maximum Gasteiger partial charge on any atom is 0.261 e. The Balaban J connectivity index is 1.61. The lowest BCUT2D eigenvalue weighted by atomic mass is 10.0. The first-order valence-corrected chi connectivity index (χ1v) is 15.2. The molecule has 1 heterocycles. The van der Waals surface area contributed by atoms with E-state index in [9.17, 15) is 18.3 Å². The van der Waals surface area contributed by atoms with Crippen molar-refractivity contribution in [1.82, 2.24) is 9.80 Å². The number of aliphatic hydroxyl groups excluding tert-OH is 1. The third kappa shape index (κ3) is 7.78. The van der Waals surface area contributed by atoms with Crippen LogP contribution in [0.1, 0.15) is 25.0 Å². The van der Waals surface area contributed by atoms with Gasteiger partial charge in [0, 0.05) is 36.8 Å². The first-order valence-electron chi connectivity index (χ1n) is 13.7. The molecule has 41 heavy (non-hydrogen) atoms. The molecule has 220 valence electrons. The average molecular weight is 582 g/mol. The molecule has 1 amide bonds. The van der Waals surface area contributed by atoms with Gasteiger partial charge in [-0.1, -0.05) is 37.3 Å². The van der Waals surface area contributed by atoms with Gasteiger partial charge in [0.1, 0.15) is 17.6 Å². The van der Waals surface area contributed by atoms with E-state index in [0.29, 0.717) is 36.6 Å². The maximum absolute atomic E-state index is 13.5. The molecule has 3 aromatic rings. The predicted molar refractivity (Wildman–Crippen MR) is 159 cm³/mol. The average Bonchev–Trinajstić information content (AvgIpc) is 3.00. The topological polar surface area (TPSA) is 108 Å². The molecule has 0 fully saturated rings. The Kier molecular flexibility index (Phi) is 9.90. The van der Waals surface area contributed by atoms with Crippen LogP contribution in [0.2, 0.25) is 0 Å². The normalized spacial score (nSPS) is 18.5. The van der Waals surface area contributed by atoms with E-state index in [-0.39, 0.29) is 41.9 Å². The van der Waals surface area contributed by atoms with Crippen molar-refractivity contribution in [3.63, 3.8) is 0 Å². The molecule has 2 N–H and O–H groups in total. The van der Waals surface area contributed by atoms with Gasteiger partial charge in [-0.05, 0) is 62.0 Å². The number of fused-ring (bicyclic) bond motifs is 1. The first-order chi connectivity index (χ1) is 19.6. The summed E-state index contributed by atoms with van der Waals surface area (Å²) in [7, 11) is -0.145. The number of carbonyl (C=O) groups excluding carboxylic acids is 1. The van der Waals surface area contributed by atoms with Gasteiger partial charge in [-0.3, -0.25) is 14.4 Å². The highest BCUT2D eigenvalue weighted by Gasteiger charge is 2.31. The summed E-state index contributed by atoms with van der Waals surface area (Å²) in [6.45, 7) is 5.40. The Morgan fingerprint density at radius 3 is 2.49 bits per heavy atom. The van der Waals surface area contributed by atoms with Crippen molar-refractivity contribution in [1.29, 1.82) is 0 Å². The lowest BCUT2D eigenvalue weighted by Crippen LogP contribution is -2.47. The smallest absolute Gasteiger partial charge is 0.261 e. The fourth-order valence-electron chi connectivity index (χ4n) is 4.94. The SMILES string of the molecule is COc1ccc(CN(C)C[C@@H]2Oc3ccc(NS(=O)(=O)c4ccccc4)cc3CC(=O)N([C@@H](C)CO)C[C@H]2C)cc1. The number of rotatable bonds is 10. The van der Waals surface area contributed by atoms with Crippen molar-refractivity contribution in [2.24, 2.45) is 5.92 Å². The molecule has 3 atom stereocenters. The Morgan fingerprint density at radius 2 is 1.83 bits per heavy atom. The van der Waals surface area contributed by atoms with Crippen LogP contribution in [0, 0.1) is 5.92 Å². The molecule has 0 aliphatic carbocycles. The number of ether oxygens (including phenoxy) is 2. The molecule has 4 rings (SSSR count). The van der Waals surface area contributed by atoms with Crippen LogP contribution in [-0.4, -0.2) is 75.2 Å². The molecule has 0 saturated carbocycles. The van der Waals surface area contributed by atoms with Crippen molar-refractivity contribution >= 4 is 21.6 Å². The number of amides is 1. The molecular formula is C31H39N3O6S. The van der Waals surface area contributed by atoms with Crippen LogP contribution in [0.15, 0.2) is 77.7 Å². The maximum atomic E-state index is 13.5. The molecular weight excluding hydrogens is 542 g/mol. The number of benzene rings is 3. The molecule has 0 unspecified atom stereocenters. The van der Waals surface area contributed by atoms with Crippen LogP contribution >= 0.6 is 0 Å². The standard InChI is InChI=1S/C31H39N3O6S/c1-22-18-34(23(2)21-35)31(36)17-25-16-26(32-41(37,38)28-8-6-5-7-9-28)12-15-29(25)40-30(22)20-33(3)19-24-10-13-27(39-4)14-11-24/h5-16,22-23,30,32,35H,17-21H2,1-4H3/t22-,23+,30+/m1/s1. The lowest BCUT2D eigenvalue weighted by Gasteiger charge is -2.34. The number of nitrogens with zero attached hydrogens (tertiary/aromatic N) is 2. The minimum Gasteiger partial charge on any atom is -0.497 e. The second-order valence-corrected chi connectivity index (χ2v) is 12.4. The summed E-state index contributed by atoms with van der Waals surface area (Å²) < 4.78 is 40.3. The van der Waals surface area contributed by atoms with Gasteiger partial charge in [-0.2, -0.15) is 0 Å². The van der Waals surface area contributed by atoms with E-state index in [0.717, 1.165) is 11.3 Å². The number of hydrogen-bond acceptors (Lipinski definition) is 7. The van der Waals surface area contributed by atoms with Gasteiger partial charge < -0.3 is 19.5 Å². The van der Waals surface area contributed by atoms with Crippen molar-refractivity contribution in [3.05, 3.63) is 83.9 Å². The van der Waals surface area contributed by atoms with Gasteiger partial charge in [-0.25, -0.2) is 8.42 Å². The minimum atomic E-state index is -3.81. The lowest BCUT2D eigenvalue weighted by molar-refractivity contribution is -0.134. The third-order valence-electron chi connectivity index (χ3n) is 7.33. The van der Waals surface area contributed by atoms with Crippen molar-refractivity contribution in [2.45, 2.75) is 43.9 Å². The van der Waals surface area contributed by atoms with Gasteiger partial charge in [0.05, 0.1) is 31.1 Å². The quantitative estimate of drug-likeness (QED) is 0.375. The van der Waals surface area contributed by atoms with E-state index in [4.69, 9.17) is 9.47 Å². The zero-order valence-corrected chi connectivity index (χ0v) is 24.8. The highest BCUT2D eigenvalue weighted by molar-refractivity contribution is 7.92. The van der Waals surface area contributed by atoms with Crippen LogP contribution in [-0.2, 0) is 27.8 Å². The van der Waals surface area contributed by atoms with Gasteiger partial charge in [0.15, 0.2) is 0 Å². The molecule has 0 bridgehead atoms. The molecule has 0 saturated heterocycles. The van der Waals surface area contributed by atoms with Crippen LogP contribution in [0.4, 0.5) is 5.69 Å². The summed E-state index contributed by atoms with van der Waals surface area (Å²) in [4.78, 5) is 17.5. The Bertz CT molecular complexity index is 1420. The van der Waals surface area contributed by atoms with E-state index in [2.05, 4.69) is 9.62 Å². The molecule has 0 aromatic heterocycles. The monoisotopic (exact) mass is 581 g/mol. The van der Waals surface area contributed by atoms with Crippen LogP contribution in [0.5, 0.6) is 11.5 Å². The fourth-order valence-corrected chi connectivity index (χ4v) is 6.01. The molecule has 3 aromatic carbocycles. The molecule has 9 nitrogen and oxygen atoms in total. The first kappa shape index (κ1) is 30.4. The number of anilines is 1. The number of sulfonamides is 1. The van der Waals surface area contributed by atoms with Crippen LogP contribution < -0.4 is 14.2 Å². The van der Waals surface area contributed by atoms with E-state index in [1.165, 1.54) is 12.1 Å². The summed E-state index contributed by atoms with van der Waals surface area (Å²) in [6.07, 6.45) is -0.259. The summed E-state index contributed by atoms with van der Waals surface area (Å²) in [5.74, 6) is 1.13. The molecule has 0 radical (unpaired) electrons. The zero-order valence-electron chi connectivity index (χ0n) is 24.0. The van der Waals surface area contributed by atoms with Gasteiger partial charge in [0.25, 0.3) is 10.0 Å². The second-order valence-electron chi connectivity index (χ2n) is 10.7. The summed E-state index contributed by atoms with van der Waals surface area (Å²) in [5, 5.41) is 9.89. The molecule has 0 spiro atoms. The molecule has 1 aliphatic rings. The van der Waals surface area contributed by atoms with Gasteiger partial charge in [-0.15, -0.1) is 0 Å². The molecule has 10 heteroatoms. The Hall–Kier alpha value is -3.60. The van der Waals surface area contributed by atoms with Gasteiger partial charge in [0.2, 0.25) is 5.91 Å². The van der Waals surface area contributed by atoms with E-state index in [1.54, 1.807) is 48.4 Å². The number of methoxy groups -OCH3 is 1. The zero-order chi connectivity index (χ0) is 29.6. The highest BCUT2D eigenvalue weighted by Crippen LogP contribution is 2.30. The number of aliphatic hydroxyl groups is 1. The van der Waals surface area contributed by atoms with Crippen molar-refractivity contribution in [2.75, 3.05) is 38.6 Å². The predicted octanol–water partition coefficient (Wildman–Crippen LogP) is 3.78. The minimum absolute atomic E-state index is 0.0156. The van der Waals surface area contributed by atoms with Gasteiger partial charge >= 0.3 is 0 Å². The number of likely N-dealkylation sites (N-methyl/N-ethyl adjacent to an activating group) is 1. The number of carbonyl (C=O) groups is 1. The van der Waals surface area contributed by atoms with Crippen molar-refractivity contribution in [3.8, 4) is 11.5 Å². The summed E-state index contributed by atoms with van der Waals surface area (Å²) in [5.41, 5.74) is 2.05. The molecule has 1 aliphatic heterocycles. The second kappa shape index (κ2) is 13.4. The van der Waals surface area contributed by atoms with Crippen LogP contribution in [0.25, 0.3) is 0 Å². The van der Waals surface area contributed by atoms with E-state index < -0.39 is 10.0 Å². The van der Waals surface area contributed by atoms with Crippen LogP contribution in [0.3, 0.4) is 0 Å². The highest BCUT2D eigenvalue weighted by atomic mass is 32.2. The number of nitrogens with one attached hydrogen (secondary N) is 1. The van der Waals surface area contributed by atoms with E-state index >= 15 is 0 Å².